The van der Waals surface area contributed by atoms with Gasteiger partial charge in [0.25, 0.3) is 0 Å². The molecule has 0 atom stereocenters. The van der Waals surface area contributed by atoms with E-state index in [0.717, 1.165) is 0 Å². The van der Waals surface area contributed by atoms with Gasteiger partial charge in [-0.05, 0) is 26.0 Å². The molecular formula is C13H14O5. The maximum atomic E-state index is 11.7. The zero-order valence-corrected chi connectivity index (χ0v) is 10.2. The predicted octanol–water partition coefficient (Wildman–Crippen LogP) is 1.87. The normalized spacial score (nSPS) is 10.8. The lowest BCUT2D eigenvalue weighted by molar-refractivity contribution is -0.154. The number of carboxylic acids is 1. The number of aliphatic carboxylic acids is 1. The Bertz CT molecular complexity index is 462. The molecule has 1 aromatic carbocycles. The van der Waals surface area contributed by atoms with E-state index in [2.05, 4.69) is 4.74 Å². The van der Waals surface area contributed by atoms with Crippen LogP contribution in [0.4, 0.5) is 0 Å². The van der Waals surface area contributed by atoms with Gasteiger partial charge >= 0.3 is 17.9 Å². The first-order valence-electron chi connectivity index (χ1n) is 5.36. The smallest absolute Gasteiger partial charge is 0.345 e. The van der Waals surface area contributed by atoms with Crippen LogP contribution >= 0.6 is 0 Å². The molecule has 5 nitrogen and oxygen atoms in total. The summed E-state index contributed by atoms with van der Waals surface area (Å²) in [7, 11) is 0. The van der Waals surface area contributed by atoms with Crippen molar-refractivity contribution < 1.29 is 24.2 Å². The van der Waals surface area contributed by atoms with Gasteiger partial charge in [-0.2, -0.15) is 0 Å². The van der Waals surface area contributed by atoms with Crippen LogP contribution in [0.15, 0.2) is 30.3 Å². The van der Waals surface area contributed by atoms with Crippen molar-refractivity contribution in [1.29, 1.82) is 0 Å². The van der Waals surface area contributed by atoms with E-state index in [1.807, 2.05) is 0 Å². The second-order valence-electron chi connectivity index (χ2n) is 4.50. The van der Waals surface area contributed by atoms with Gasteiger partial charge in [0.2, 0.25) is 0 Å². The average molecular weight is 250 g/mol. The molecule has 0 bridgehead atoms. The van der Waals surface area contributed by atoms with Crippen molar-refractivity contribution in [2.24, 2.45) is 5.41 Å². The molecule has 0 spiro atoms. The average Bonchev–Trinajstić information content (AvgIpc) is 2.28. The van der Waals surface area contributed by atoms with Crippen LogP contribution in [0, 0.1) is 5.41 Å². The van der Waals surface area contributed by atoms with E-state index in [-0.39, 0.29) is 5.56 Å². The summed E-state index contributed by atoms with van der Waals surface area (Å²) < 4.78 is 4.66. The first-order chi connectivity index (χ1) is 8.33. The van der Waals surface area contributed by atoms with E-state index in [1.165, 1.54) is 26.0 Å². The number of hydrogen-bond donors (Lipinski definition) is 1. The predicted molar refractivity (Wildman–Crippen MR) is 62.9 cm³/mol. The van der Waals surface area contributed by atoms with E-state index >= 15 is 0 Å². The van der Waals surface area contributed by atoms with Gasteiger partial charge in [-0.3, -0.25) is 9.59 Å². The van der Waals surface area contributed by atoms with E-state index < -0.39 is 29.7 Å². The fourth-order valence-electron chi connectivity index (χ4n) is 1.31. The van der Waals surface area contributed by atoms with Crippen LogP contribution in [0.3, 0.4) is 0 Å². The lowest BCUT2D eigenvalue weighted by Crippen LogP contribution is -2.31. The van der Waals surface area contributed by atoms with Crippen molar-refractivity contribution in [3.05, 3.63) is 35.9 Å². The quantitative estimate of drug-likeness (QED) is 0.651. The van der Waals surface area contributed by atoms with Crippen molar-refractivity contribution in [3.63, 3.8) is 0 Å². The van der Waals surface area contributed by atoms with Gasteiger partial charge in [-0.1, -0.05) is 18.2 Å². The third-order valence-electron chi connectivity index (χ3n) is 2.34. The number of ether oxygens (including phenoxy) is 1. The highest BCUT2D eigenvalue weighted by Gasteiger charge is 2.33. The SMILES string of the molecule is CC(C)(CC(=O)O)C(=O)OC(=O)c1ccccc1. The van der Waals surface area contributed by atoms with Crippen LogP contribution in [-0.4, -0.2) is 23.0 Å². The summed E-state index contributed by atoms with van der Waals surface area (Å²) >= 11 is 0. The number of esters is 2. The molecule has 0 aliphatic carbocycles. The number of rotatable bonds is 4. The summed E-state index contributed by atoms with van der Waals surface area (Å²) in [4.78, 5) is 33.9. The second-order valence-corrected chi connectivity index (χ2v) is 4.50. The van der Waals surface area contributed by atoms with Crippen LogP contribution < -0.4 is 0 Å². The van der Waals surface area contributed by atoms with Crippen LogP contribution in [0.1, 0.15) is 30.6 Å². The molecule has 0 aromatic heterocycles. The summed E-state index contributed by atoms with van der Waals surface area (Å²) in [5, 5.41) is 8.66. The molecule has 0 saturated heterocycles. The van der Waals surface area contributed by atoms with E-state index in [0.29, 0.717) is 0 Å². The van der Waals surface area contributed by atoms with Gasteiger partial charge in [0.1, 0.15) is 0 Å². The fourth-order valence-corrected chi connectivity index (χ4v) is 1.31. The summed E-state index contributed by atoms with van der Waals surface area (Å²) in [6, 6.07) is 8.04. The minimum absolute atomic E-state index is 0.247. The Hall–Kier alpha value is -2.17. The minimum Gasteiger partial charge on any atom is -0.481 e. The first-order valence-corrected chi connectivity index (χ1v) is 5.36. The highest BCUT2D eigenvalue weighted by Crippen LogP contribution is 2.22. The van der Waals surface area contributed by atoms with E-state index in [1.54, 1.807) is 18.2 Å². The van der Waals surface area contributed by atoms with Crippen molar-refractivity contribution in [2.75, 3.05) is 0 Å². The highest BCUT2D eigenvalue weighted by molar-refractivity contribution is 5.98. The molecule has 0 aliphatic rings. The Balaban J connectivity index is 2.71. The molecule has 1 rings (SSSR count). The van der Waals surface area contributed by atoms with Crippen LogP contribution in [0.25, 0.3) is 0 Å². The Morgan fingerprint density at radius 2 is 1.72 bits per heavy atom. The molecule has 1 aromatic rings. The topological polar surface area (TPSA) is 80.7 Å². The van der Waals surface area contributed by atoms with Crippen LogP contribution in [0.5, 0.6) is 0 Å². The van der Waals surface area contributed by atoms with Crippen molar-refractivity contribution in [1.82, 2.24) is 0 Å². The standard InChI is InChI=1S/C13H14O5/c1-13(2,8-10(14)15)12(17)18-11(16)9-6-4-3-5-7-9/h3-7H,8H2,1-2H3,(H,14,15). The molecule has 18 heavy (non-hydrogen) atoms. The maximum absolute atomic E-state index is 11.7. The second kappa shape index (κ2) is 5.44. The van der Waals surface area contributed by atoms with E-state index in [9.17, 15) is 14.4 Å². The van der Waals surface area contributed by atoms with Crippen molar-refractivity contribution in [2.45, 2.75) is 20.3 Å². The van der Waals surface area contributed by atoms with Gasteiger partial charge in [0, 0.05) is 0 Å². The molecule has 0 unspecified atom stereocenters. The molecule has 1 N–H and O–H groups in total. The molecule has 0 fully saturated rings. The fraction of sp³-hybridized carbons (Fsp3) is 0.308. The zero-order chi connectivity index (χ0) is 13.8. The molecule has 0 aliphatic heterocycles. The van der Waals surface area contributed by atoms with Gasteiger partial charge in [-0.25, -0.2) is 4.79 Å². The Kier molecular flexibility index (Phi) is 4.20. The molecule has 5 heteroatoms. The largest absolute Gasteiger partial charge is 0.481 e. The van der Waals surface area contributed by atoms with Crippen molar-refractivity contribution in [3.8, 4) is 0 Å². The lowest BCUT2D eigenvalue weighted by Gasteiger charge is -2.19. The van der Waals surface area contributed by atoms with Gasteiger partial charge in [-0.15, -0.1) is 0 Å². The summed E-state index contributed by atoms with van der Waals surface area (Å²) in [6.45, 7) is 2.84. The summed E-state index contributed by atoms with van der Waals surface area (Å²) in [6.07, 6.45) is -0.395. The third kappa shape index (κ3) is 3.69. The summed E-state index contributed by atoms with van der Waals surface area (Å²) in [5.41, 5.74) is -0.993. The molecule has 96 valence electrons. The zero-order valence-electron chi connectivity index (χ0n) is 10.2. The molecule has 0 saturated carbocycles. The van der Waals surface area contributed by atoms with Gasteiger partial charge < -0.3 is 9.84 Å². The number of carbonyl (C=O) groups is 3. The molecule has 0 heterocycles. The van der Waals surface area contributed by atoms with Gasteiger partial charge in [0.05, 0.1) is 17.4 Å². The molecular weight excluding hydrogens is 236 g/mol. The highest BCUT2D eigenvalue weighted by atomic mass is 16.6. The van der Waals surface area contributed by atoms with Crippen molar-refractivity contribution >= 4 is 17.9 Å². The monoisotopic (exact) mass is 250 g/mol. The maximum Gasteiger partial charge on any atom is 0.345 e. The number of benzene rings is 1. The van der Waals surface area contributed by atoms with Crippen LogP contribution in [0.2, 0.25) is 0 Å². The lowest BCUT2D eigenvalue weighted by atomic mass is 9.89. The summed E-state index contributed by atoms with van der Waals surface area (Å²) in [5.74, 6) is -2.75. The van der Waals surface area contributed by atoms with Gasteiger partial charge in [0.15, 0.2) is 0 Å². The first kappa shape index (κ1) is 13.9. The number of carbonyl (C=O) groups excluding carboxylic acids is 2. The van der Waals surface area contributed by atoms with E-state index in [4.69, 9.17) is 5.11 Å². The Morgan fingerprint density at radius 3 is 2.22 bits per heavy atom. The van der Waals surface area contributed by atoms with Crippen LogP contribution in [-0.2, 0) is 14.3 Å². The molecule has 0 amide bonds. The molecule has 0 radical (unpaired) electrons. The minimum atomic E-state index is -1.24. The number of hydrogen-bond acceptors (Lipinski definition) is 4. The third-order valence-corrected chi connectivity index (χ3v) is 2.34. The number of carboxylic acid groups (broad SMARTS) is 1. The Morgan fingerprint density at radius 1 is 1.17 bits per heavy atom. The Labute approximate surface area is 104 Å².